The number of hydrogen-bond donors (Lipinski definition) is 2. The average Bonchev–Trinajstić information content (AvgIpc) is 2.50. The van der Waals surface area contributed by atoms with Crippen molar-refractivity contribution in [3.05, 3.63) is 35.9 Å². The zero-order valence-electron chi connectivity index (χ0n) is 13.8. The van der Waals surface area contributed by atoms with Crippen LogP contribution in [0.5, 0.6) is 0 Å². The number of amides is 2. The van der Waals surface area contributed by atoms with Gasteiger partial charge in [-0.15, -0.1) is 0 Å². The fourth-order valence-corrected chi connectivity index (χ4v) is 1.78. The van der Waals surface area contributed by atoms with Crippen LogP contribution in [-0.2, 0) is 20.9 Å². The molecule has 1 rings (SSSR count). The van der Waals surface area contributed by atoms with E-state index in [1.54, 1.807) is 0 Å². The quantitative estimate of drug-likeness (QED) is 0.647. The number of carbonyl (C=O) groups is 2. The van der Waals surface area contributed by atoms with Gasteiger partial charge < -0.3 is 20.5 Å². The number of alkyl carbamates (subject to hydrolysis) is 1. The molecule has 0 bridgehead atoms. The molecule has 0 aliphatic heterocycles. The van der Waals surface area contributed by atoms with Gasteiger partial charge in [-0.25, -0.2) is 4.79 Å². The lowest BCUT2D eigenvalue weighted by molar-refractivity contribution is -0.133. The molecule has 128 valence electrons. The molecule has 6 nitrogen and oxygen atoms in total. The molecule has 0 heterocycles. The summed E-state index contributed by atoms with van der Waals surface area (Å²) < 4.78 is 10.5. The molecule has 3 N–H and O–H groups in total. The molecule has 0 atom stereocenters. The first-order valence-electron chi connectivity index (χ1n) is 7.80. The predicted octanol–water partition coefficient (Wildman–Crippen LogP) is 2.36. The maximum Gasteiger partial charge on any atom is 0.408 e. The molecule has 0 radical (unpaired) electrons. The number of nitrogens with two attached hydrogens (primary N) is 1. The topological polar surface area (TPSA) is 90.7 Å². The number of unbranched alkanes of at least 4 members (excludes halogenated alkanes) is 2. The Morgan fingerprint density at radius 1 is 1.13 bits per heavy atom. The van der Waals surface area contributed by atoms with Crippen LogP contribution in [0.3, 0.4) is 0 Å². The lowest BCUT2D eigenvalue weighted by atomic mass is 10.1. The molecular weight excluding hydrogens is 296 g/mol. The van der Waals surface area contributed by atoms with Crippen molar-refractivity contribution < 1.29 is 19.1 Å². The van der Waals surface area contributed by atoms with Crippen molar-refractivity contribution in [3.63, 3.8) is 0 Å². The first-order valence-corrected chi connectivity index (χ1v) is 7.80. The molecule has 0 aliphatic rings. The summed E-state index contributed by atoms with van der Waals surface area (Å²) in [4.78, 5) is 22.5. The predicted molar refractivity (Wildman–Crippen MR) is 87.7 cm³/mol. The first kappa shape index (κ1) is 19.0. The van der Waals surface area contributed by atoms with Gasteiger partial charge in [0, 0.05) is 13.2 Å². The van der Waals surface area contributed by atoms with Gasteiger partial charge in [-0.2, -0.15) is 0 Å². The van der Waals surface area contributed by atoms with Crippen molar-refractivity contribution in [2.75, 3.05) is 13.2 Å². The van der Waals surface area contributed by atoms with Crippen LogP contribution in [0.15, 0.2) is 30.3 Å². The Morgan fingerprint density at radius 2 is 1.83 bits per heavy atom. The lowest BCUT2D eigenvalue weighted by Crippen LogP contribution is -2.44. The van der Waals surface area contributed by atoms with E-state index in [4.69, 9.17) is 15.2 Å². The standard InChI is InChI=1S/C17H26N2O4/c1-17(2,15(18)20)23-16(21)19-11-7-4-8-12-22-13-14-9-5-3-6-10-14/h3,5-6,9-10H,4,7-8,11-13H2,1-2H3,(H2,18,20)(H,19,21). The van der Waals surface area contributed by atoms with Crippen LogP contribution in [0, 0.1) is 0 Å². The third-order valence-corrected chi connectivity index (χ3v) is 3.29. The Kier molecular flexibility index (Phi) is 8.11. The van der Waals surface area contributed by atoms with Crippen LogP contribution in [0.4, 0.5) is 4.79 Å². The third-order valence-electron chi connectivity index (χ3n) is 3.29. The van der Waals surface area contributed by atoms with Gasteiger partial charge in [-0.1, -0.05) is 30.3 Å². The second-order valence-corrected chi connectivity index (χ2v) is 5.79. The zero-order valence-corrected chi connectivity index (χ0v) is 13.8. The molecule has 1 aromatic carbocycles. The highest BCUT2D eigenvalue weighted by molar-refractivity contribution is 5.85. The number of carbonyl (C=O) groups excluding carboxylic acids is 2. The van der Waals surface area contributed by atoms with Gasteiger partial charge in [-0.05, 0) is 38.7 Å². The van der Waals surface area contributed by atoms with Crippen molar-refractivity contribution in [2.24, 2.45) is 5.73 Å². The number of nitrogens with one attached hydrogen (secondary N) is 1. The molecule has 0 aromatic heterocycles. The van der Waals surface area contributed by atoms with Crippen LogP contribution < -0.4 is 11.1 Å². The molecule has 0 spiro atoms. The van der Waals surface area contributed by atoms with Gasteiger partial charge in [0.15, 0.2) is 5.60 Å². The summed E-state index contributed by atoms with van der Waals surface area (Å²) in [5.41, 5.74) is 4.99. The fraction of sp³-hybridized carbons (Fsp3) is 0.529. The molecule has 2 amide bonds. The van der Waals surface area contributed by atoms with E-state index in [1.807, 2.05) is 30.3 Å². The highest BCUT2D eigenvalue weighted by atomic mass is 16.6. The monoisotopic (exact) mass is 322 g/mol. The second-order valence-electron chi connectivity index (χ2n) is 5.79. The summed E-state index contributed by atoms with van der Waals surface area (Å²) in [5, 5.41) is 2.60. The SMILES string of the molecule is CC(C)(OC(=O)NCCCCCOCc1ccccc1)C(N)=O. The highest BCUT2D eigenvalue weighted by Gasteiger charge is 2.29. The molecule has 1 aromatic rings. The third kappa shape index (κ3) is 8.21. The molecule has 23 heavy (non-hydrogen) atoms. The van der Waals surface area contributed by atoms with Crippen molar-refractivity contribution in [1.82, 2.24) is 5.32 Å². The van der Waals surface area contributed by atoms with Gasteiger partial charge in [-0.3, -0.25) is 4.79 Å². The second kappa shape index (κ2) is 9.84. The Balaban J connectivity index is 1.99. The van der Waals surface area contributed by atoms with Crippen LogP contribution in [0.25, 0.3) is 0 Å². The summed E-state index contributed by atoms with van der Waals surface area (Å²) in [7, 11) is 0. The van der Waals surface area contributed by atoms with Crippen LogP contribution in [0.2, 0.25) is 0 Å². The van der Waals surface area contributed by atoms with Gasteiger partial charge in [0.05, 0.1) is 6.61 Å². The molecule has 6 heteroatoms. The minimum atomic E-state index is -1.30. The maximum absolute atomic E-state index is 11.5. The molecular formula is C17H26N2O4. The molecule has 0 saturated heterocycles. The number of rotatable bonds is 10. The van der Waals surface area contributed by atoms with Crippen LogP contribution in [-0.4, -0.2) is 30.8 Å². The van der Waals surface area contributed by atoms with E-state index in [2.05, 4.69) is 5.32 Å². The summed E-state index contributed by atoms with van der Waals surface area (Å²) in [6.45, 7) is 4.71. The molecule has 0 unspecified atom stereocenters. The van der Waals surface area contributed by atoms with Crippen LogP contribution >= 0.6 is 0 Å². The minimum Gasteiger partial charge on any atom is -0.433 e. The van der Waals surface area contributed by atoms with Gasteiger partial charge in [0.25, 0.3) is 5.91 Å². The summed E-state index contributed by atoms with van der Waals surface area (Å²) in [5.74, 6) is -0.678. The van der Waals surface area contributed by atoms with Crippen molar-refractivity contribution >= 4 is 12.0 Å². The number of hydrogen-bond acceptors (Lipinski definition) is 4. The molecule has 0 aliphatic carbocycles. The zero-order chi connectivity index (χ0) is 17.1. The van der Waals surface area contributed by atoms with Crippen LogP contribution in [0.1, 0.15) is 38.7 Å². The molecule has 0 fully saturated rings. The Morgan fingerprint density at radius 3 is 2.48 bits per heavy atom. The van der Waals surface area contributed by atoms with E-state index in [-0.39, 0.29) is 0 Å². The average molecular weight is 322 g/mol. The maximum atomic E-state index is 11.5. The summed E-state index contributed by atoms with van der Waals surface area (Å²) in [6, 6.07) is 10.0. The smallest absolute Gasteiger partial charge is 0.408 e. The Labute approximate surface area is 137 Å². The van der Waals surface area contributed by atoms with E-state index < -0.39 is 17.6 Å². The molecule has 0 saturated carbocycles. The number of benzene rings is 1. The number of primary amides is 1. The van der Waals surface area contributed by atoms with Gasteiger partial charge in [0.1, 0.15) is 0 Å². The van der Waals surface area contributed by atoms with Crippen molar-refractivity contribution in [1.29, 1.82) is 0 Å². The van der Waals surface area contributed by atoms with E-state index >= 15 is 0 Å². The number of ether oxygens (including phenoxy) is 2. The Bertz CT molecular complexity index is 489. The highest BCUT2D eigenvalue weighted by Crippen LogP contribution is 2.08. The Hall–Kier alpha value is -2.08. The van der Waals surface area contributed by atoms with Crippen molar-refractivity contribution in [2.45, 2.75) is 45.3 Å². The van der Waals surface area contributed by atoms with E-state index in [0.29, 0.717) is 19.8 Å². The largest absolute Gasteiger partial charge is 0.433 e. The summed E-state index contributed by atoms with van der Waals surface area (Å²) >= 11 is 0. The minimum absolute atomic E-state index is 0.492. The van der Waals surface area contributed by atoms with E-state index in [9.17, 15) is 9.59 Å². The van der Waals surface area contributed by atoms with Crippen molar-refractivity contribution in [3.8, 4) is 0 Å². The van der Waals surface area contributed by atoms with E-state index in [0.717, 1.165) is 24.8 Å². The summed E-state index contributed by atoms with van der Waals surface area (Å²) in [6.07, 6.45) is 2.06. The van der Waals surface area contributed by atoms with Gasteiger partial charge in [0.2, 0.25) is 0 Å². The van der Waals surface area contributed by atoms with E-state index in [1.165, 1.54) is 13.8 Å². The first-order chi connectivity index (χ1) is 10.9. The lowest BCUT2D eigenvalue weighted by Gasteiger charge is -2.21. The van der Waals surface area contributed by atoms with Gasteiger partial charge >= 0.3 is 6.09 Å². The normalized spacial score (nSPS) is 11.0. The fourth-order valence-electron chi connectivity index (χ4n) is 1.78.